The van der Waals surface area contributed by atoms with Crippen LogP contribution in [0.5, 0.6) is 0 Å². The molecule has 0 spiro atoms. The summed E-state index contributed by atoms with van der Waals surface area (Å²) in [4.78, 5) is 10.7. The van der Waals surface area contributed by atoms with Crippen molar-refractivity contribution in [1.82, 2.24) is 0 Å². The maximum atomic E-state index is 11.9. The molecule has 1 rings (SSSR count). The summed E-state index contributed by atoms with van der Waals surface area (Å²) >= 11 is 0. The van der Waals surface area contributed by atoms with E-state index in [2.05, 4.69) is 0 Å². The fraction of sp³-hybridized carbons (Fsp3) is 0.417. The van der Waals surface area contributed by atoms with E-state index in [1.807, 2.05) is 6.92 Å². The Morgan fingerprint density at radius 2 is 1.89 bits per heavy atom. The lowest BCUT2D eigenvalue weighted by molar-refractivity contribution is -0.148. The molecule has 6 heteroatoms. The number of aliphatic carboxylic acids is 1. The molecule has 0 aliphatic carbocycles. The van der Waals surface area contributed by atoms with E-state index in [-0.39, 0.29) is 17.3 Å². The lowest BCUT2D eigenvalue weighted by Gasteiger charge is -2.09. The third-order valence-corrected chi connectivity index (χ3v) is 4.14. The maximum Gasteiger partial charge on any atom is 0.332 e. The van der Waals surface area contributed by atoms with Gasteiger partial charge in [-0.2, -0.15) is 0 Å². The molecule has 1 aromatic rings. The molecule has 0 saturated carbocycles. The van der Waals surface area contributed by atoms with Crippen molar-refractivity contribution in [3.63, 3.8) is 0 Å². The van der Waals surface area contributed by atoms with Crippen molar-refractivity contribution in [2.45, 2.75) is 24.8 Å². The zero-order chi connectivity index (χ0) is 13.8. The summed E-state index contributed by atoms with van der Waals surface area (Å²) in [7, 11) is -3.42. The molecule has 5 nitrogen and oxygen atoms in total. The number of ether oxygens (including phenoxy) is 1. The highest BCUT2D eigenvalue weighted by Crippen LogP contribution is 2.12. The summed E-state index contributed by atoms with van der Waals surface area (Å²) in [6.45, 7) is 3.10. The molecule has 1 N–H and O–H groups in total. The number of sulfone groups is 1. The van der Waals surface area contributed by atoms with Crippen LogP contribution < -0.4 is 0 Å². The molecule has 0 aromatic heterocycles. The predicted octanol–water partition coefficient (Wildman–Crippen LogP) is 1.26. The largest absolute Gasteiger partial charge is 0.479 e. The first-order valence-electron chi connectivity index (χ1n) is 5.47. The van der Waals surface area contributed by atoms with Crippen LogP contribution in [0.4, 0.5) is 0 Å². The first-order valence-corrected chi connectivity index (χ1v) is 7.12. The molecule has 0 heterocycles. The quantitative estimate of drug-likeness (QED) is 0.843. The number of aryl methyl sites for hydroxylation is 1. The van der Waals surface area contributed by atoms with Gasteiger partial charge in [0.1, 0.15) is 0 Å². The highest BCUT2D eigenvalue weighted by atomic mass is 32.2. The molecule has 0 amide bonds. The number of benzene rings is 1. The molecule has 0 saturated heterocycles. The third kappa shape index (κ3) is 4.12. The Kier molecular flexibility index (Phi) is 4.86. The van der Waals surface area contributed by atoms with Gasteiger partial charge in [0, 0.05) is 0 Å². The monoisotopic (exact) mass is 272 g/mol. The minimum atomic E-state index is -3.42. The first kappa shape index (κ1) is 14.7. The molecular formula is C12H16O5S. The molecular weight excluding hydrogens is 256 g/mol. The van der Waals surface area contributed by atoms with E-state index in [0.29, 0.717) is 0 Å². The number of rotatable bonds is 6. The molecule has 0 radical (unpaired) electrons. The molecule has 0 aliphatic heterocycles. The van der Waals surface area contributed by atoms with Crippen molar-refractivity contribution < 1.29 is 23.1 Å². The average molecular weight is 272 g/mol. The van der Waals surface area contributed by atoms with Crippen LogP contribution in [0, 0.1) is 6.92 Å². The molecule has 1 aromatic carbocycles. The van der Waals surface area contributed by atoms with Gasteiger partial charge in [0.05, 0.1) is 17.3 Å². The molecule has 0 fully saturated rings. The number of hydrogen-bond acceptors (Lipinski definition) is 4. The number of carboxylic acids is 1. The van der Waals surface area contributed by atoms with Gasteiger partial charge < -0.3 is 9.84 Å². The minimum Gasteiger partial charge on any atom is -0.479 e. The Labute approximate surface area is 106 Å². The van der Waals surface area contributed by atoms with E-state index in [9.17, 15) is 13.2 Å². The van der Waals surface area contributed by atoms with Crippen molar-refractivity contribution in [2.24, 2.45) is 0 Å². The van der Waals surface area contributed by atoms with Gasteiger partial charge in [0.25, 0.3) is 0 Å². The smallest absolute Gasteiger partial charge is 0.332 e. The van der Waals surface area contributed by atoms with Crippen molar-refractivity contribution >= 4 is 15.8 Å². The zero-order valence-corrected chi connectivity index (χ0v) is 11.1. The van der Waals surface area contributed by atoms with Gasteiger partial charge in [-0.15, -0.1) is 0 Å². The number of carbonyl (C=O) groups is 1. The van der Waals surface area contributed by atoms with Crippen molar-refractivity contribution in [2.75, 3.05) is 12.4 Å². The number of carboxylic acid groups (broad SMARTS) is 1. The van der Waals surface area contributed by atoms with Crippen molar-refractivity contribution in [3.05, 3.63) is 29.8 Å². The van der Waals surface area contributed by atoms with Crippen molar-refractivity contribution in [1.29, 1.82) is 0 Å². The molecule has 1 atom stereocenters. The van der Waals surface area contributed by atoms with E-state index >= 15 is 0 Å². The van der Waals surface area contributed by atoms with Crippen LogP contribution in [0.25, 0.3) is 0 Å². The summed E-state index contributed by atoms with van der Waals surface area (Å²) in [6, 6.07) is 6.50. The second-order valence-electron chi connectivity index (χ2n) is 3.98. The summed E-state index contributed by atoms with van der Waals surface area (Å²) in [5.74, 6) is -1.34. The summed E-state index contributed by atoms with van der Waals surface area (Å²) < 4.78 is 28.6. The van der Waals surface area contributed by atoms with E-state index in [1.54, 1.807) is 12.1 Å². The van der Waals surface area contributed by atoms with Gasteiger partial charge in [-0.3, -0.25) is 0 Å². The van der Waals surface area contributed by atoms with Crippen LogP contribution in [-0.4, -0.2) is 38.0 Å². The normalized spacial score (nSPS) is 13.2. The van der Waals surface area contributed by atoms with Gasteiger partial charge in [-0.05, 0) is 26.0 Å². The van der Waals surface area contributed by atoms with E-state index < -0.39 is 21.9 Å². The fourth-order valence-corrected chi connectivity index (χ4v) is 2.37. The summed E-state index contributed by atoms with van der Waals surface area (Å²) in [5.41, 5.74) is 0.977. The topological polar surface area (TPSA) is 80.7 Å². The van der Waals surface area contributed by atoms with Crippen LogP contribution in [0.1, 0.15) is 12.5 Å². The Morgan fingerprint density at radius 1 is 1.33 bits per heavy atom. The average Bonchev–Trinajstić information content (AvgIpc) is 2.29. The zero-order valence-electron chi connectivity index (χ0n) is 10.3. The van der Waals surface area contributed by atoms with Crippen LogP contribution in [0.3, 0.4) is 0 Å². The summed E-state index contributed by atoms with van der Waals surface area (Å²) in [6.07, 6.45) is -1.00. The standard InChI is InChI=1S/C12H16O5S/c1-9-3-5-11(6-4-9)18(15,16)8-7-17-10(2)12(13)14/h3-6,10H,7-8H2,1-2H3,(H,13,14). The SMILES string of the molecule is Cc1ccc(S(=O)(=O)CCOC(C)C(=O)O)cc1. The van der Waals surface area contributed by atoms with E-state index in [1.165, 1.54) is 19.1 Å². The van der Waals surface area contributed by atoms with Crippen LogP contribution in [0.2, 0.25) is 0 Å². The molecule has 1 unspecified atom stereocenters. The highest BCUT2D eigenvalue weighted by molar-refractivity contribution is 7.91. The Morgan fingerprint density at radius 3 is 2.39 bits per heavy atom. The van der Waals surface area contributed by atoms with Gasteiger partial charge in [0.15, 0.2) is 15.9 Å². The van der Waals surface area contributed by atoms with Gasteiger partial charge in [-0.1, -0.05) is 17.7 Å². The van der Waals surface area contributed by atoms with Gasteiger partial charge >= 0.3 is 5.97 Å². The molecule has 0 aliphatic rings. The van der Waals surface area contributed by atoms with Gasteiger partial charge in [0.2, 0.25) is 0 Å². The molecule has 18 heavy (non-hydrogen) atoms. The summed E-state index contributed by atoms with van der Waals surface area (Å²) in [5, 5.41) is 8.58. The second kappa shape index (κ2) is 5.97. The Bertz CT molecular complexity index is 504. The molecule has 0 bridgehead atoms. The third-order valence-electron chi connectivity index (χ3n) is 2.45. The Hall–Kier alpha value is -1.40. The molecule has 100 valence electrons. The van der Waals surface area contributed by atoms with Crippen LogP contribution in [-0.2, 0) is 19.4 Å². The predicted molar refractivity (Wildman–Crippen MR) is 66.3 cm³/mol. The minimum absolute atomic E-state index is 0.135. The van der Waals surface area contributed by atoms with Gasteiger partial charge in [-0.25, -0.2) is 13.2 Å². The van der Waals surface area contributed by atoms with Crippen LogP contribution in [0.15, 0.2) is 29.2 Å². The lowest BCUT2D eigenvalue weighted by Crippen LogP contribution is -2.23. The van der Waals surface area contributed by atoms with Crippen molar-refractivity contribution in [3.8, 4) is 0 Å². The maximum absolute atomic E-state index is 11.9. The second-order valence-corrected chi connectivity index (χ2v) is 6.09. The number of hydrogen-bond donors (Lipinski definition) is 1. The fourth-order valence-electron chi connectivity index (χ4n) is 1.27. The van der Waals surface area contributed by atoms with Crippen LogP contribution >= 0.6 is 0 Å². The Balaban J connectivity index is 2.60. The highest BCUT2D eigenvalue weighted by Gasteiger charge is 2.16. The lowest BCUT2D eigenvalue weighted by atomic mass is 10.2. The van der Waals surface area contributed by atoms with E-state index in [4.69, 9.17) is 9.84 Å². The first-order chi connectivity index (χ1) is 8.33. The van der Waals surface area contributed by atoms with E-state index in [0.717, 1.165) is 5.56 Å².